The molecule has 1 aromatic carbocycles. The molecule has 2 aromatic rings. The summed E-state index contributed by atoms with van der Waals surface area (Å²) in [5, 5.41) is 16.1. The van der Waals surface area contributed by atoms with E-state index in [4.69, 9.17) is 0 Å². The van der Waals surface area contributed by atoms with Crippen molar-refractivity contribution < 1.29 is 14.5 Å². The highest BCUT2D eigenvalue weighted by Crippen LogP contribution is 2.23. The second-order valence-corrected chi connectivity index (χ2v) is 7.49. The molecule has 1 fully saturated rings. The van der Waals surface area contributed by atoms with Gasteiger partial charge in [-0.1, -0.05) is 18.2 Å². The number of carbonyl (C=O) groups excluding carboxylic acids is 2. The van der Waals surface area contributed by atoms with Crippen molar-refractivity contribution in [2.45, 2.75) is 19.3 Å². The van der Waals surface area contributed by atoms with Crippen molar-refractivity contribution in [2.24, 2.45) is 5.92 Å². The average molecular weight is 387 g/mol. The number of benzene rings is 1. The second kappa shape index (κ2) is 8.77. The van der Waals surface area contributed by atoms with E-state index in [1.165, 1.54) is 17.0 Å². The van der Waals surface area contributed by atoms with Crippen molar-refractivity contribution in [3.8, 4) is 0 Å². The average Bonchev–Trinajstić information content (AvgIpc) is 3.21. The van der Waals surface area contributed by atoms with Gasteiger partial charge in [0.2, 0.25) is 5.91 Å². The zero-order valence-electron chi connectivity index (χ0n) is 14.8. The Balaban J connectivity index is 1.50. The van der Waals surface area contributed by atoms with Crippen LogP contribution in [0.15, 0.2) is 41.8 Å². The van der Waals surface area contributed by atoms with Gasteiger partial charge in [-0.25, -0.2) is 0 Å². The molecule has 27 heavy (non-hydrogen) atoms. The van der Waals surface area contributed by atoms with E-state index in [2.05, 4.69) is 5.32 Å². The fraction of sp³-hybridized carbons (Fsp3) is 0.368. The molecule has 0 radical (unpaired) electrons. The summed E-state index contributed by atoms with van der Waals surface area (Å²) in [7, 11) is 0. The predicted molar refractivity (Wildman–Crippen MR) is 103 cm³/mol. The maximum absolute atomic E-state index is 12.6. The van der Waals surface area contributed by atoms with E-state index < -0.39 is 4.92 Å². The van der Waals surface area contributed by atoms with Gasteiger partial charge in [0, 0.05) is 36.5 Å². The summed E-state index contributed by atoms with van der Waals surface area (Å²) < 4.78 is 0. The van der Waals surface area contributed by atoms with Crippen LogP contribution in [0.2, 0.25) is 0 Å². The number of nitrogens with zero attached hydrogens (tertiary/aromatic N) is 2. The molecule has 0 unspecified atom stereocenters. The fourth-order valence-corrected chi connectivity index (χ4v) is 3.95. The van der Waals surface area contributed by atoms with Crippen molar-refractivity contribution in [1.29, 1.82) is 0 Å². The summed E-state index contributed by atoms with van der Waals surface area (Å²) in [4.78, 5) is 38.4. The van der Waals surface area contributed by atoms with Crippen molar-refractivity contribution >= 4 is 28.8 Å². The first kappa shape index (κ1) is 19.0. The first-order valence-electron chi connectivity index (χ1n) is 8.89. The second-order valence-electron chi connectivity index (χ2n) is 6.46. The van der Waals surface area contributed by atoms with Crippen LogP contribution in [0, 0.1) is 16.0 Å². The molecule has 7 nitrogen and oxygen atoms in total. The van der Waals surface area contributed by atoms with Gasteiger partial charge in [-0.05, 0) is 36.8 Å². The maximum Gasteiger partial charge on any atom is 0.282 e. The van der Waals surface area contributed by atoms with Crippen molar-refractivity contribution in [1.82, 2.24) is 10.2 Å². The highest BCUT2D eigenvalue weighted by Gasteiger charge is 2.30. The maximum atomic E-state index is 12.6. The number of hydrogen-bond donors (Lipinski definition) is 1. The number of hydrogen-bond acceptors (Lipinski definition) is 5. The van der Waals surface area contributed by atoms with E-state index in [1.54, 1.807) is 28.4 Å². The summed E-state index contributed by atoms with van der Waals surface area (Å²) in [6.07, 6.45) is 1.95. The van der Waals surface area contributed by atoms with Crippen molar-refractivity contribution in [3.63, 3.8) is 0 Å². The van der Waals surface area contributed by atoms with Gasteiger partial charge < -0.3 is 10.2 Å². The van der Waals surface area contributed by atoms with Crippen molar-refractivity contribution in [2.75, 3.05) is 19.6 Å². The zero-order valence-corrected chi connectivity index (χ0v) is 15.6. The number of rotatable bonds is 6. The monoisotopic (exact) mass is 387 g/mol. The Labute approximate surface area is 161 Å². The molecule has 2 heterocycles. The van der Waals surface area contributed by atoms with E-state index in [9.17, 15) is 19.7 Å². The number of piperidine rings is 1. The number of carbonyl (C=O) groups is 2. The molecule has 2 amide bonds. The molecular weight excluding hydrogens is 366 g/mol. The Morgan fingerprint density at radius 1 is 1.19 bits per heavy atom. The molecule has 8 heteroatoms. The standard InChI is InChI=1S/C19H21N3O4S/c23-18(20-10-7-15-4-3-13-27-15)14-8-11-21(12-9-14)19(24)16-5-1-2-6-17(16)22(25)26/h1-6,13-14H,7-12H2,(H,20,23). The van der Waals surface area contributed by atoms with Crippen LogP contribution < -0.4 is 5.32 Å². The number of likely N-dealkylation sites (tertiary alicyclic amines) is 1. The minimum Gasteiger partial charge on any atom is -0.355 e. The third kappa shape index (κ3) is 4.71. The number of para-hydroxylation sites is 1. The molecule has 1 saturated heterocycles. The summed E-state index contributed by atoms with van der Waals surface area (Å²) >= 11 is 1.67. The summed E-state index contributed by atoms with van der Waals surface area (Å²) in [6.45, 7) is 1.45. The third-order valence-electron chi connectivity index (χ3n) is 4.73. The lowest BCUT2D eigenvalue weighted by Crippen LogP contribution is -2.43. The van der Waals surface area contributed by atoms with Crippen LogP contribution in [0.3, 0.4) is 0 Å². The van der Waals surface area contributed by atoms with Gasteiger partial charge in [0.05, 0.1) is 4.92 Å². The summed E-state index contributed by atoms with van der Waals surface area (Å²) in [6, 6.07) is 10.0. The predicted octanol–water partition coefficient (Wildman–Crippen LogP) is 2.87. The minimum atomic E-state index is -0.541. The Hall–Kier alpha value is -2.74. The van der Waals surface area contributed by atoms with E-state index in [0.717, 1.165) is 6.42 Å². The highest BCUT2D eigenvalue weighted by atomic mass is 32.1. The fourth-order valence-electron chi connectivity index (χ4n) is 3.24. The normalized spacial score (nSPS) is 14.7. The molecule has 142 valence electrons. The molecule has 1 N–H and O–H groups in total. The smallest absolute Gasteiger partial charge is 0.282 e. The molecular formula is C19H21N3O4S. The Bertz CT molecular complexity index is 814. The van der Waals surface area contributed by atoms with E-state index in [0.29, 0.717) is 32.5 Å². The molecule has 0 saturated carbocycles. The van der Waals surface area contributed by atoms with Crippen molar-refractivity contribution in [3.05, 3.63) is 62.3 Å². The summed E-state index contributed by atoms with van der Waals surface area (Å²) in [5.41, 5.74) is -0.0858. The van der Waals surface area contributed by atoms with E-state index >= 15 is 0 Å². The largest absolute Gasteiger partial charge is 0.355 e. The Morgan fingerprint density at radius 2 is 1.93 bits per heavy atom. The molecule has 0 aliphatic carbocycles. The lowest BCUT2D eigenvalue weighted by Gasteiger charge is -2.31. The van der Waals surface area contributed by atoms with Crippen LogP contribution in [0.25, 0.3) is 0 Å². The third-order valence-corrected chi connectivity index (χ3v) is 5.67. The van der Waals surface area contributed by atoms with Crippen LogP contribution in [0.4, 0.5) is 5.69 Å². The Kier molecular flexibility index (Phi) is 6.18. The number of amides is 2. The van der Waals surface area contributed by atoms with Gasteiger partial charge in [0.1, 0.15) is 5.56 Å². The van der Waals surface area contributed by atoms with Crippen LogP contribution in [-0.4, -0.2) is 41.3 Å². The molecule has 1 aliphatic heterocycles. The lowest BCUT2D eigenvalue weighted by atomic mass is 9.95. The van der Waals surface area contributed by atoms with Gasteiger partial charge in [0.15, 0.2) is 0 Å². The molecule has 0 atom stereocenters. The van der Waals surface area contributed by atoms with E-state index in [-0.39, 0.29) is 29.0 Å². The minimum absolute atomic E-state index is 0.0179. The zero-order chi connectivity index (χ0) is 19.2. The van der Waals surface area contributed by atoms with Gasteiger partial charge in [-0.3, -0.25) is 19.7 Å². The Morgan fingerprint density at radius 3 is 2.59 bits per heavy atom. The first-order chi connectivity index (χ1) is 13.1. The van der Waals surface area contributed by atoms with Crippen LogP contribution in [0.1, 0.15) is 28.1 Å². The highest BCUT2D eigenvalue weighted by molar-refractivity contribution is 7.09. The van der Waals surface area contributed by atoms with Gasteiger partial charge in [-0.2, -0.15) is 0 Å². The molecule has 3 rings (SSSR count). The topological polar surface area (TPSA) is 92.6 Å². The SMILES string of the molecule is O=C(NCCc1cccs1)C1CCN(C(=O)c2ccccc2[N+](=O)[O-])CC1. The quantitative estimate of drug-likeness (QED) is 0.609. The molecule has 0 spiro atoms. The number of thiophene rings is 1. The van der Waals surface area contributed by atoms with Gasteiger partial charge >= 0.3 is 0 Å². The molecule has 1 aromatic heterocycles. The number of nitro groups is 1. The number of nitrogens with one attached hydrogen (secondary N) is 1. The van der Waals surface area contributed by atoms with Gasteiger partial charge in [-0.15, -0.1) is 11.3 Å². The van der Waals surface area contributed by atoms with Gasteiger partial charge in [0.25, 0.3) is 11.6 Å². The van der Waals surface area contributed by atoms with E-state index in [1.807, 2.05) is 17.5 Å². The number of nitro benzene ring substituents is 1. The summed E-state index contributed by atoms with van der Waals surface area (Å²) in [5.74, 6) is -0.452. The molecule has 0 bridgehead atoms. The van der Waals surface area contributed by atoms with Crippen LogP contribution >= 0.6 is 11.3 Å². The molecule has 1 aliphatic rings. The first-order valence-corrected chi connectivity index (χ1v) is 9.77. The lowest BCUT2D eigenvalue weighted by molar-refractivity contribution is -0.385. The van der Waals surface area contributed by atoms with Crippen LogP contribution in [-0.2, 0) is 11.2 Å². The van der Waals surface area contributed by atoms with Crippen LogP contribution in [0.5, 0.6) is 0 Å².